The number of hydrogen-bond acceptors (Lipinski definition) is 2. The van der Waals surface area contributed by atoms with Gasteiger partial charge in [-0.15, -0.1) is 12.4 Å². The van der Waals surface area contributed by atoms with Crippen LogP contribution in [0.3, 0.4) is 0 Å². The zero-order valence-electron chi connectivity index (χ0n) is 10.2. The first-order valence-electron chi connectivity index (χ1n) is 5.89. The van der Waals surface area contributed by atoms with E-state index in [2.05, 4.69) is 17.5 Å². The van der Waals surface area contributed by atoms with Crippen molar-refractivity contribution in [3.63, 3.8) is 0 Å². The second-order valence-corrected chi connectivity index (χ2v) is 4.02. The van der Waals surface area contributed by atoms with Crippen LogP contribution in [0.2, 0.25) is 0 Å². The number of anilines is 1. The molecule has 2 nitrogen and oxygen atoms in total. The van der Waals surface area contributed by atoms with E-state index in [4.69, 9.17) is 4.74 Å². The molecule has 0 saturated carbocycles. The summed E-state index contributed by atoms with van der Waals surface area (Å²) in [7, 11) is 0. The summed E-state index contributed by atoms with van der Waals surface area (Å²) in [6.07, 6.45) is 5.97. The molecule has 2 aromatic rings. The van der Waals surface area contributed by atoms with E-state index in [1.807, 2.05) is 60.7 Å². The van der Waals surface area contributed by atoms with E-state index in [0.717, 1.165) is 22.9 Å². The molecule has 1 N–H and O–H groups in total. The zero-order valence-corrected chi connectivity index (χ0v) is 11.1. The molecule has 0 atom stereocenters. The molecule has 0 saturated heterocycles. The van der Waals surface area contributed by atoms with Gasteiger partial charge in [0.2, 0.25) is 0 Å². The Kier molecular flexibility index (Phi) is 4.26. The van der Waals surface area contributed by atoms with Crippen LogP contribution in [-0.4, -0.2) is 0 Å². The number of benzene rings is 2. The van der Waals surface area contributed by atoms with Crippen molar-refractivity contribution < 1.29 is 4.74 Å². The third-order valence-corrected chi connectivity index (χ3v) is 2.71. The largest absolute Gasteiger partial charge is 0.441 e. The molecule has 0 amide bonds. The van der Waals surface area contributed by atoms with Crippen LogP contribution in [0.15, 0.2) is 72.6 Å². The summed E-state index contributed by atoms with van der Waals surface area (Å²) in [4.78, 5) is 0. The highest BCUT2D eigenvalue weighted by atomic mass is 35.5. The van der Waals surface area contributed by atoms with Gasteiger partial charge in [0.05, 0.1) is 0 Å². The van der Waals surface area contributed by atoms with Crippen molar-refractivity contribution in [3.8, 4) is 5.75 Å². The van der Waals surface area contributed by atoms with E-state index in [1.165, 1.54) is 0 Å². The van der Waals surface area contributed by atoms with Gasteiger partial charge in [-0.3, -0.25) is 0 Å². The van der Waals surface area contributed by atoms with Gasteiger partial charge in [0.25, 0.3) is 0 Å². The van der Waals surface area contributed by atoms with E-state index in [0.29, 0.717) is 0 Å². The van der Waals surface area contributed by atoms with Gasteiger partial charge in [0, 0.05) is 5.69 Å². The number of allylic oxidation sites excluding steroid dienone is 2. The predicted molar refractivity (Wildman–Crippen MR) is 81.5 cm³/mol. The smallest absolute Gasteiger partial charge is 0.197 e. The van der Waals surface area contributed by atoms with Gasteiger partial charge in [-0.1, -0.05) is 48.6 Å². The van der Waals surface area contributed by atoms with Crippen molar-refractivity contribution >= 4 is 24.2 Å². The summed E-state index contributed by atoms with van der Waals surface area (Å²) < 4.78 is 5.79. The Morgan fingerprint density at radius 3 is 2.42 bits per heavy atom. The van der Waals surface area contributed by atoms with E-state index >= 15 is 0 Å². The number of ether oxygens (including phenoxy) is 1. The summed E-state index contributed by atoms with van der Waals surface area (Å²) in [5.41, 5.74) is 2.20. The Labute approximate surface area is 118 Å². The summed E-state index contributed by atoms with van der Waals surface area (Å²) in [6.45, 7) is 0. The Bertz CT molecular complexity index is 605. The molecule has 96 valence electrons. The first-order chi connectivity index (χ1) is 8.92. The first-order valence-corrected chi connectivity index (χ1v) is 5.89. The van der Waals surface area contributed by atoms with Crippen LogP contribution < -0.4 is 10.1 Å². The Morgan fingerprint density at radius 1 is 0.842 bits per heavy atom. The fourth-order valence-electron chi connectivity index (χ4n) is 1.84. The average molecular weight is 272 g/mol. The summed E-state index contributed by atoms with van der Waals surface area (Å²) in [5, 5.41) is 3.28. The standard InChI is InChI=1S/C16H13NO.ClH/c1-2-9-14(10-3-1)18-16-12-6-8-13-7-4-5-11-15(13)17-16;/h1-12,17H;1H. The predicted octanol–water partition coefficient (Wildman–Crippen LogP) is 4.47. The van der Waals surface area contributed by atoms with Gasteiger partial charge in [0.1, 0.15) is 5.75 Å². The lowest BCUT2D eigenvalue weighted by Crippen LogP contribution is -2.06. The van der Waals surface area contributed by atoms with Gasteiger partial charge in [-0.25, -0.2) is 0 Å². The average Bonchev–Trinajstić information content (AvgIpc) is 2.61. The van der Waals surface area contributed by atoms with Gasteiger partial charge >= 0.3 is 0 Å². The molecule has 3 rings (SSSR count). The number of fused-ring (bicyclic) bond motifs is 1. The lowest BCUT2D eigenvalue weighted by Gasteiger charge is -2.12. The maximum Gasteiger partial charge on any atom is 0.197 e. The number of rotatable bonds is 2. The molecule has 0 aliphatic carbocycles. The van der Waals surface area contributed by atoms with E-state index in [1.54, 1.807) is 0 Å². The lowest BCUT2D eigenvalue weighted by atomic mass is 10.2. The van der Waals surface area contributed by atoms with Crippen LogP contribution in [-0.2, 0) is 0 Å². The number of nitrogens with one attached hydrogen (secondary N) is 1. The second-order valence-electron chi connectivity index (χ2n) is 4.02. The van der Waals surface area contributed by atoms with Crippen molar-refractivity contribution in [1.29, 1.82) is 0 Å². The minimum absolute atomic E-state index is 0. The fraction of sp³-hybridized carbons (Fsp3) is 0. The molecular formula is C16H14ClNO. The van der Waals surface area contributed by atoms with E-state index in [9.17, 15) is 0 Å². The SMILES string of the molecule is C1=Cc2ccccc2NC(Oc2ccccc2)=C1.Cl. The normalized spacial score (nSPS) is 12.3. The minimum atomic E-state index is 0. The topological polar surface area (TPSA) is 21.3 Å². The van der Waals surface area contributed by atoms with E-state index < -0.39 is 0 Å². The number of halogens is 1. The molecule has 2 aromatic carbocycles. The van der Waals surface area contributed by atoms with Gasteiger partial charge in [-0.05, 0) is 29.8 Å². The highest BCUT2D eigenvalue weighted by Gasteiger charge is 2.06. The Hall–Kier alpha value is -2.19. The molecule has 19 heavy (non-hydrogen) atoms. The maximum atomic E-state index is 5.79. The van der Waals surface area contributed by atoms with Crippen LogP contribution in [0.4, 0.5) is 5.69 Å². The maximum absolute atomic E-state index is 5.79. The van der Waals surface area contributed by atoms with E-state index in [-0.39, 0.29) is 12.4 Å². The Balaban J connectivity index is 0.00000133. The van der Waals surface area contributed by atoms with Gasteiger partial charge < -0.3 is 10.1 Å². The van der Waals surface area contributed by atoms with Gasteiger partial charge in [-0.2, -0.15) is 0 Å². The van der Waals surface area contributed by atoms with Crippen molar-refractivity contribution in [2.45, 2.75) is 0 Å². The summed E-state index contributed by atoms with van der Waals surface area (Å²) in [5.74, 6) is 1.55. The molecule has 1 aliphatic rings. The van der Waals surface area contributed by atoms with Crippen LogP contribution >= 0.6 is 12.4 Å². The van der Waals surface area contributed by atoms with Crippen LogP contribution in [0.5, 0.6) is 5.75 Å². The first kappa shape index (κ1) is 13.2. The minimum Gasteiger partial charge on any atom is -0.441 e. The van der Waals surface area contributed by atoms with Crippen LogP contribution in [0.1, 0.15) is 5.56 Å². The molecule has 1 heterocycles. The van der Waals surface area contributed by atoms with Crippen molar-refractivity contribution in [2.24, 2.45) is 0 Å². The van der Waals surface area contributed by atoms with Gasteiger partial charge in [0.15, 0.2) is 5.88 Å². The molecule has 0 aromatic heterocycles. The molecule has 0 fully saturated rings. The van der Waals surface area contributed by atoms with Crippen LogP contribution in [0.25, 0.3) is 6.08 Å². The monoisotopic (exact) mass is 271 g/mol. The highest BCUT2D eigenvalue weighted by Crippen LogP contribution is 2.23. The highest BCUT2D eigenvalue weighted by molar-refractivity contribution is 5.85. The molecule has 3 heteroatoms. The van der Waals surface area contributed by atoms with Crippen molar-refractivity contribution in [3.05, 3.63) is 78.2 Å². The van der Waals surface area contributed by atoms with Crippen molar-refractivity contribution in [1.82, 2.24) is 0 Å². The number of para-hydroxylation sites is 2. The summed E-state index contributed by atoms with van der Waals surface area (Å²) >= 11 is 0. The summed E-state index contributed by atoms with van der Waals surface area (Å²) in [6, 6.07) is 17.9. The fourth-order valence-corrected chi connectivity index (χ4v) is 1.84. The quantitative estimate of drug-likeness (QED) is 0.870. The molecular weight excluding hydrogens is 258 g/mol. The molecule has 0 bridgehead atoms. The molecule has 1 aliphatic heterocycles. The third kappa shape index (κ3) is 3.18. The number of hydrogen-bond donors (Lipinski definition) is 1. The third-order valence-electron chi connectivity index (χ3n) is 2.71. The molecule has 0 radical (unpaired) electrons. The molecule has 0 unspecified atom stereocenters. The molecule has 0 spiro atoms. The Morgan fingerprint density at radius 2 is 1.58 bits per heavy atom. The van der Waals surface area contributed by atoms with Crippen LogP contribution in [0, 0.1) is 0 Å². The second kappa shape index (κ2) is 6.12. The lowest BCUT2D eigenvalue weighted by molar-refractivity contribution is 0.433. The van der Waals surface area contributed by atoms with Crippen molar-refractivity contribution in [2.75, 3.05) is 5.32 Å². The zero-order chi connectivity index (χ0) is 12.2.